The summed E-state index contributed by atoms with van der Waals surface area (Å²) in [6, 6.07) is 6.20. The smallest absolute Gasteiger partial charge is 0.355 e. The maximum absolute atomic E-state index is 12.4. The summed E-state index contributed by atoms with van der Waals surface area (Å²) >= 11 is 5.77. The fourth-order valence-corrected chi connectivity index (χ4v) is 1.89. The lowest BCUT2D eigenvalue weighted by Gasteiger charge is -2.08. The molecule has 108 valence electrons. The Balaban J connectivity index is 2.50. The highest BCUT2D eigenvalue weighted by Crippen LogP contribution is 2.17. The molecular weight excluding hydrogens is 292 g/mol. The van der Waals surface area contributed by atoms with Crippen LogP contribution in [-0.2, 0) is 0 Å². The number of rotatable bonds is 4. The van der Waals surface area contributed by atoms with Crippen molar-refractivity contribution in [3.63, 3.8) is 0 Å². The predicted molar refractivity (Wildman–Crippen MR) is 78.0 cm³/mol. The molecule has 0 fully saturated rings. The molecule has 21 heavy (non-hydrogen) atoms. The monoisotopic (exact) mass is 304 g/mol. The van der Waals surface area contributed by atoms with Crippen molar-refractivity contribution in [2.75, 3.05) is 0 Å². The van der Waals surface area contributed by atoms with E-state index < -0.39 is 11.8 Å². The Kier molecular flexibility index (Phi) is 4.33. The molecule has 0 saturated carbocycles. The summed E-state index contributed by atoms with van der Waals surface area (Å²) in [5.41, 5.74) is 0.0191. The standard InChI is InChI=1S/C15H13ClN2O3/c1-8(2)14-17-7-11(12(18-14)15(20)21)13(19)9-3-5-10(16)6-4-9/h3-8H,1-2H3,(H,20,21). The summed E-state index contributed by atoms with van der Waals surface area (Å²) in [7, 11) is 0. The molecule has 0 aliphatic carbocycles. The van der Waals surface area contributed by atoms with Crippen LogP contribution in [0.1, 0.15) is 52.0 Å². The number of hydrogen-bond donors (Lipinski definition) is 1. The van der Waals surface area contributed by atoms with Gasteiger partial charge in [-0.05, 0) is 24.3 Å². The second kappa shape index (κ2) is 6.01. The van der Waals surface area contributed by atoms with Gasteiger partial charge in [0.25, 0.3) is 0 Å². The molecule has 0 bridgehead atoms. The molecule has 0 atom stereocenters. The van der Waals surface area contributed by atoms with Gasteiger partial charge in [-0.25, -0.2) is 14.8 Å². The third kappa shape index (κ3) is 3.25. The van der Waals surface area contributed by atoms with Gasteiger partial charge in [0, 0.05) is 22.7 Å². The summed E-state index contributed by atoms with van der Waals surface area (Å²) in [4.78, 5) is 31.7. The summed E-state index contributed by atoms with van der Waals surface area (Å²) in [5, 5.41) is 9.74. The molecule has 5 nitrogen and oxygen atoms in total. The summed E-state index contributed by atoms with van der Waals surface area (Å²) < 4.78 is 0. The van der Waals surface area contributed by atoms with Crippen LogP contribution >= 0.6 is 11.6 Å². The van der Waals surface area contributed by atoms with Crippen LogP contribution < -0.4 is 0 Å². The first-order chi connectivity index (χ1) is 9.90. The average Bonchev–Trinajstić information content (AvgIpc) is 2.46. The lowest BCUT2D eigenvalue weighted by molar-refractivity contribution is 0.0685. The number of halogens is 1. The number of carbonyl (C=O) groups is 2. The highest BCUT2D eigenvalue weighted by atomic mass is 35.5. The average molecular weight is 305 g/mol. The number of carboxylic acid groups (broad SMARTS) is 1. The van der Waals surface area contributed by atoms with E-state index in [0.29, 0.717) is 16.4 Å². The summed E-state index contributed by atoms with van der Waals surface area (Å²) in [5.74, 6) is -1.33. The Morgan fingerprint density at radius 3 is 2.33 bits per heavy atom. The van der Waals surface area contributed by atoms with Crippen molar-refractivity contribution in [3.05, 3.63) is 58.1 Å². The van der Waals surface area contributed by atoms with E-state index in [4.69, 9.17) is 11.6 Å². The molecule has 0 aliphatic rings. The third-order valence-corrected chi connectivity index (χ3v) is 3.13. The molecule has 1 heterocycles. The van der Waals surface area contributed by atoms with Crippen molar-refractivity contribution in [1.29, 1.82) is 0 Å². The van der Waals surface area contributed by atoms with Gasteiger partial charge in [-0.1, -0.05) is 25.4 Å². The van der Waals surface area contributed by atoms with Crippen LogP contribution in [0.3, 0.4) is 0 Å². The van der Waals surface area contributed by atoms with Gasteiger partial charge < -0.3 is 5.11 Å². The van der Waals surface area contributed by atoms with E-state index in [1.807, 2.05) is 13.8 Å². The highest BCUT2D eigenvalue weighted by Gasteiger charge is 2.21. The summed E-state index contributed by atoms with van der Waals surface area (Å²) in [6.07, 6.45) is 1.27. The molecule has 1 aromatic heterocycles. The first-order valence-electron chi connectivity index (χ1n) is 6.30. The second-order valence-electron chi connectivity index (χ2n) is 4.79. The minimum absolute atomic E-state index is 0.0252. The fraction of sp³-hybridized carbons (Fsp3) is 0.200. The number of ketones is 1. The predicted octanol–water partition coefficient (Wildman–Crippen LogP) is 3.18. The van der Waals surface area contributed by atoms with Gasteiger partial charge in [0.05, 0.1) is 5.56 Å². The van der Waals surface area contributed by atoms with Crippen molar-refractivity contribution in [1.82, 2.24) is 9.97 Å². The van der Waals surface area contributed by atoms with Crippen molar-refractivity contribution < 1.29 is 14.7 Å². The minimum Gasteiger partial charge on any atom is -0.476 e. The van der Waals surface area contributed by atoms with Gasteiger partial charge in [0.1, 0.15) is 5.82 Å². The Labute approximate surface area is 126 Å². The molecule has 1 N–H and O–H groups in total. The van der Waals surface area contributed by atoms with Crippen molar-refractivity contribution >= 4 is 23.4 Å². The van der Waals surface area contributed by atoms with E-state index >= 15 is 0 Å². The Hall–Kier alpha value is -2.27. The molecule has 1 aromatic carbocycles. The van der Waals surface area contributed by atoms with Crippen LogP contribution in [0.25, 0.3) is 0 Å². The Bertz CT molecular complexity index is 697. The van der Waals surface area contributed by atoms with Crippen molar-refractivity contribution in [2.45, 2.75) is 19.8 Å². The first kappa shape index (κ1) is 15.1. The van der Waals surface area contributed by atoms with Crippen molar-refractivity contribution in [3.8, 4) is 0 Å². The van der Waals surface area contributed by atoms with Crippen molar-refractivity contribution in [2.24, 2.45) is 0 Å². The number of carboxylic acids is 1. The number of aromatic nitrogens is 2. The maximum atomic E-state index is 12.4. The van der Waals surface area contributed by atoms with E-state index in [9.17, 15) is 14.7 Å². The molecule has 2 aromatic rings. The zero-order valence-corrected chi connectivity index (χ0v) is 12.3. The van der Waals surface area contributed by atoms with Gasteiger partial charge in [0.2, 0.25) is 0 Å². The minimum atomic E-state index is -1.25. The van der Waals surface area contributed by atoms with Crippen LogP contribution in [0.5, 0.6) is 0 Å². The van der Waals surface area contributed by atoms with Gasteiger partial charge in [-0.15, -0.1) is 0 Å². The van der Waals surface area contributed by atoms with E-state index in [2.05, 4.69) is 9.97 Å². The number of carbonyl (C=O) groups excluding carboxylic acids is 1. The van der Waals surface area contributed by atoms with E-state index in [0.717, 1.165) is 0 Å². The Morgan fingerprint density at radius 2 is 1.81 bits per heavy atom. The molecular formula is C15H13ClN2O3. The maximum Gasteiger partial charge on any atom is 0.355 e. The SMILES string of the molecule is CC(C)c1ncc(C(=O)c2ccc(Cl)cc2)c(C(=O)O)n1. The third-order valence-electron chi connectivity index (χ3n) is 2.88. The first-order valence-corrected chi connectivity index (χ1v) is 6.68. The second-order valence-corrected chi connectivity index (χ2v) is 5.22. The largest absolute Gasteiger partial charge is 0.476 e. The van der Waals surface area contributed by atoms with Crippen LogP contribution in [0.4, 0.5) is 0 Å². The van der Waals surface area contributed by atoms with Crippen LogP contribution in [0.2, 0.25) is 5.02 Å². The number of hydrogen-bond acceptors (Lipinski definition) is 4. The normalized spacial score (nSPS) is 10.7. The molecule has 0 radical (unpaired) electrons. The zero-order chi connectivity index (χ0) is 15.6. The topological polar surface area (TPSA) is 80.2 Å². The molecule has 6 heteroatoms. The fourth-order valence-electron chi connectivity index (χ4n) is 1.76. The van der Waals surface area contributed by atoms with Crippen LogP contribution in [-0.4, -0.2) is 26.8 Å². The molecule has 0 spiro atoms. The lowest BCUT2D eigenvalue weighted by atomic mass is 10.0. The number of nitrogens with zero attached hydrogens (tertiary/aromatic N) is 2. The van der Waals surface area contributed by atoms with Gasteiger partial charge in [0.15, 0.2) is 11.5 Å². The van der Waals surface area contributed by atoms with E-state index in [1.165, 1.54) is 18.3 Å². The summed E-state index contributed by atoms with van der Waals surface area (Å²) in [6.45, 7) is 3.70. The number of benzene rings is 1. The Morgan fingerprint density at radius 1 is 1.19 bits per heavy atom. The van der Waals surface area contributed by atoms with Crippen LogP contribution in [0.15, 0.2) is 30.5 Å². The quantitative estimate of drug-likeness (QED) is 0.877. The van der Waals surface area contributed by atoms with Gasteiger partial charge in [-0.3, -0.25) is 4.79 Å². The zero-order valence-electron chi connectivity index (χ0n) is 11.5. The molecule has 0 saturated heterocycles. The van der Waals surface area contributed by atoms with E-state index in [1.54, 1.807) is 12.1 Å². The highest BCUT2D eigenvalue weighted by molar-refractivity contribution is 6.30. The van der Waals surface area contributed by atoms with Gasteiger partial charge >= 0.3 is 5.97 Å². The molecule has 2 rings (SSSR count). The lowest BCUT2D eigenvalue weighted by Crippen LogP contribution is -2.15. The molecule has 0 unspecified atom stereocenters. The van der Waals surface area contributed by atoms with Gasteiger partial charge in [-0.2, -0.15) is 0 Å². The molecule has 0 amide bonds. The van der Waals surface area contributed by atoms with Crippen LogP contribution in [0, 0.1) is 0 Å². The molecule has 0 aliphatic heterocycles. The number of aromatic carboxylic acids is 1. The van der Waals surface area contributed by atoms with E-state index in [-0.39, 0.29) is 17.2 Å².